The fourth-order valence-corrected chi connectivity index (χ4v) is 4.38. The first-order valence-corrected chi connectivity index (χ1v) is 8.07. The van der Waals surface area contributed by atoms with Crippen LogP contribution in [0.5, 0.6) is 0 Å². The van der Waals surface area contributed by atoms with E-state index >= 15 is 0 Å². The topological polar surface area (TPSA) is 92.2 Å². The van der Waals surface area contributed by atoms with Crippen LogP contribution in [0.1, 0.15) is 25.7 Å². The molecule has 2 amide bonds. The Bertz CT molecular complexity index is 310. The number of hydrogen-bond donors (Lipinski definition) is 2. The van der Waals surface area contributed by atoms with Gasteiger partial charge in [-0.25, -0.2) is 8.61 Å². The van der Waals surface area contributed by atoms with Crippen LogP contribution >= 0.6 is 22.0 Å². The third-order valence-corrected chi connectivity index (χ3v) is 5.69. The van der Waals surface area contributed by atoms with Gasteiger partial charge in [-0.2, -0.15) is 0 Å². The Balaban J connectivity index is 1.48. The summed E-state index contributed by atoms with van der Waals surface area (Å²) in [5.41, 5.74) is 10.2. The Morgan fingerprint density at radius 1 is 0.944 bits per heavy atom. The molecule has 0 saturated carbocycles. The summed E-state index contributed by atoms with van der Waals surface area (Å²) in [4.78, 5) is 21.3. The maximum atomic E-state index is 10.6. The molecule has 2 rings (SSSR count). The summed E-state index contributed by atoms with van der Waals surface area (Å²) in [7, 11) is 3.44. The number of carbonyl (C=O) groups excluding carboxylic acids is 2. The van der Waals surface area contributed by atoms with E-state index in [4.69, 9.17) is 11.5 Å². The maximum absolute atomic E-state index is 10.6. The second-order valence-electron chi connectivity index (χ2n) is 4.67. The lowest BCUT2D eigenvalue weighted by Gasteiger charge is -2.03. The van der Waals surface area contributed by atoms with Crippen LogP contribution in [0.3, 0.4) is 0 Å². The molecule has 2 aliphatic rings. The van der Waals surface area contributed by atoms with E-state index in [0.717, 1.165) is 25.9 Å². The summed E-state index contributed by atoms with van der Waals surface area (Å²) in [6.07, 6.45) is 2.65. The van der Waals surface area contributed by atoms with Crippen LogP contribution in [0.4, 0.5) is 0 Å². The zero-order valence-electron chi connectivity index (χ0n) is 10.1. The van der Waals surface area contributed by atoms with E-state index in [9.17, 15) is 9.59 Å². The minimum atomic E-state index is -0.225. The van der Waals surface area contributed by atoms with E-state index in [2.05, 4.69) is 8.61 Å². The van der Waals surface area contributed by atoms with Crippen molar-refractivity contribution >= 4 is 33.8 Å². The van der Waals surface area contributed by atoms with Crippen molar-refractivity contribution in [1.82, 2.24) is 8.61 Å². The number of hydrogen-bond acceptors (Lipinski definition) is 6. The molecule has 4 unspecified atom stereocenters. The first kappa shape index (κ1) is 14.0. The van der Waals surface area contributed by atoms with Crippen molar-refractivity contribution in [2.45, 2.75) is 37.8 Å². The van der Waals surface area contributed by atoms with Crippen LogP contribution in [0.15, 0.2) is 0 Å². The molecular weight excluding hydrogens is 272 g/mol. The molecule has 0 spiro atoms. The number of rotatable bonds is 9. The second-order valence-corrected chi connectivity index (χ2v) is 6.80. The molecule has 0 aliphatic carbocycles. The molecule has 0 aromatic carbocycles. The van der Waals surface area contributed by atoms with Gasteiger partial charge < -0.3 is 11.5 Å². The van der Waals surface area contributed by atoms with Gasteiger partial charge in [0.2, 0.25) is 11.8 Å². The van der Waals surface area contributed by atoms with E-state index in [-0.39, 0.29) is 11.8 Å². The van der Waals surface area contributed by atoms with E-state index < -0.39 is 0 Å². The molecule has 2 fully saturated rings. The van der Waals surface area contributed by atoms with Crippen molar-refractivity contribution in [2.75, 3.05) is 13.1 Å². The highest BCUT2D eigenvalue weighted by Gasteiger charge is 2.39. The SMILES string of the molecule is NC(=O)CCC1CN1SSN1CC1CCC(N)=O. The Kier molecular flexibility index (Phi) is 4.77. The van der Waals surface area contributed by atoms with Crippen molar-refractivity contribution in [1.29, 1.82) is 0 Å². The van der Waals surface area contributed by atoms with Crippen molar-refractivity contribution in [3.8, 4) is 0 Å². The molecule has 2 heterocycles. The summed E-state index contributed by atoms with van der Waals surface area (Å²) in [6, 6.07) is 0.998. The molecule has 102 valence electrons. The molecule has 2 saturated heterocycles. The van der Waals surface area contributed by atoms with Crippen LogP contribution in [-0.2, 0) is 9.59 Å². The highest BCUT2D eigenvalue weighted by molar-refractivity contribution is 8.75. The van der Waals surface area contributed by atoms with E-state index in [1.807, 2.05) is 0 Å². The first-order chi connectivity index (χ1) is 8.56. The van der Waals surface area contributed by atoms with E-state index in [1.165, 1.54) is 0 Å². The Labute approximate surface area is 114 Å². The third kappa shape index (κ3) is 4.68. The smallest absolute Gasteiger partial charge is 0.217 e. The van der Waals surface area contributed by atoms with Crippen molar-refractivity contribution in [2.24, 2.45) is 11.5 Å². The fourth-order valence-electron chi connectivity index (χ4n) is 1.68. The lowest BCUT2D eigenvalue weighted by atomic mass is 10.2. The maximum Gasteiger partial charge on any atom is 0.217 e. The molecule has 4 N–H and O–H groups in total. The number of amides is 2. The normalized spacial score (nSPS) is 33.1. The summed E-state index contributed by atoms with van der Waals surface area (Å²) in [5, 5.41) is 0. The van der Waals surface area contributed by atoms with Gasteiger partial charge in [-0.05, 0) is 12.8 Å². The zero-order valence-corrected chi connectivity index (χ0v) is 11.7. The van der Waals surface area contributed by atoms with Gasteiger partial charge in [0, 0.05) is 60.0 Å². The minimum Gasteiger partial charge on any atom is -0.370 e. The van der Waals surface area contributed by atoms with Crippen LogP contribution < -0.4 is 11.5 Å². The third-order valence-electron chi connectivity index (χ3n) is 3.00. The van der Waals surface area contributed by atoms with Crippen LogP contribution in [0.2, 0.25) is 0 Å². The Morgan fingerprint density at radius 3 is 1.67 bits per heavy atom. The van der Waals surface area contributed by atoms with Crippen LogP contribution in [0.25, 0.3) is 0 Å². The fraction of sp³-hybridized carbons (Fsp3) is 0.800. The zero-order chi connectivity index (χ0) is 13.1. The molecule has 0 bridgehead atoms. The summed E-state index contributed by atoms with van der Waals surface area (Å²) >= 11 is 0. The molecular formula is C10H18N4O2S2. The predicted octanol–water partition coefficient (Wildman–Crippen LogP) is 0.0972. The molecule has 0 radical (unpaired) electrons. The average Bonchev–Trinajstić information content (AvgIpc) is 3.17. The first-order valence-electron chi connectivity index (χ1n) is 6.01. The van der Waals surface area contributed by atoms with Gasteiger partial charge in [0.05, 0.1) is 0 Å². The van der Waals surface area contributed by atoms with Crippen LogP contribution in [0, 0.1) is 0 Å². The predicted molar refractivity (Wildman–Crippen MR) is 73.0 cm³/mol. The lowest BCUT2D eigenvalue weighted by Crippen LogP contribution is -2.11. The molecule has 6 nitrogen and oxygen atoms in total. The number of carbonyl (C=O) groups is 2. The number of nitrogens with zero attached hydrogens (tertiary/aromatic N) is 2. The molecule has 0 aromatic rings. The van der Waals surface area contributed by atoms with E-state index in [1.54, 1.807) is 22.0 Å². The van der Waals surface area contributed by atoms with Crippen LogP contribution in [-0.4, -0.2) is 45.6 Å². The van der Waals surface area contributed by atoms with Gasteiger partial charge in [0.25, 0.3) is 0 Å². The number of primary amides is 2. The largest absolute Gasteiger partial charge is 0.370 e. The Morgan fingerprint density at radius 2 is 1.33 bits per heavy atom. The Hall–Kier alpha value is -0.440. The highest BCUT2D eigenvalue weighted by Crippen LogP contribution is 2.45. The molecule has 8 heteroatoms. The monoisotopic (exact) mass is 290 g/mol. The van der Waals surface area contributed by atoms with Gasteiger partial charge in [-0.15, -0.1) is 0 Å². The quantitative estimate of drug-likeness (QED) is 0.355. The molecule has 0 aromatic heterocycles. The summed E-state index contributed by atoms with van der Waals surface area (Å²) < 4.78 is 4.49. The number of nitrogens with two attached hydrogens (primary N) is 2. The standard InChI is InChI=1S/C10H18N4O2S2/c11-9(15)3-1-7-5-13(7)17-18-14-6-8(14)2-4-10(12)16/h7-8H,1-6H2,(H2,11,15)(H2,12,16). The van der Waals surface area contributed by atoms with Crippen molar-refractivity contribution < 1.29 is 9.59 Å². The van der Waals surface area contributed by atoms with Gasteiger partial charge in [0.1, 0.15) is 0 Å². The van der Waals surface area contributed by atoms with Crippen molar-refractivity contribution in [3.63, 3.8) is 0 Å². The molecule has 4 atom stereocenters. The summed E-state index contributed by atoms with van der Waals surface area (Å²) in [5.74, 6) is -0.450. The minimum absolute atomic E-state index is 0.225. The molecule has 18 heavy (non-hydrogen) atoms. The van der Waals surface area contributed by atoms with E-state index in [0.29, 0.717) is 24.9 Å². The van der Waals surface area contributed by atoms with Gasteiger partial charge in [-0.3, -0.25) is 9.59 Å². The molecule has 2 aliphatic heterocycles. The van der Waals surface area contributed by atoms with Crippen molar-refractivity contribution in [3.05, 3.63) is 0 Å². The van der Waals surface area contributed by atoms with Gasteiger partial charge in [0.15, 0.2) is 0 Å². The van der Waals surface area contributed by atoms with Gasteiger partial charge in [-0.1, -0.05) is 0 Å². The van der Waals surface area contributed by atoms with Gasteiger partial charge >= 0.3 is 0 Å². The highest BCUT2D eigenvalue weighted by atomic mass is 33.1. The summed E-state index contributed by atoms with van der Waals surface area (Å²) in [6.45, 7) is 2.06. The average molecular weight is 290 g/mol. The lowest BCUT2D eigenvalue weighted by molar-refractivity contribution is -0.119. The second kappa shape index (κ2) is 6.14.